The van der Waals surface area contributed by atoms with Crippen LogP contribution >= 0.6 is 0 Å². The highest BCUT2D eigenvalue weighted by atomic mass is 16.5. The number of amides is 2. The minimum absolute atomic E-state index is 0.110. The molecule has 0 radical (unpaired) electrons. The Hall–Kier alpha value is -2.50. The zero-order valence-corrected chi connectivity index (χ0v) is 12.9. The number of nitrogens with two attached hydrogens (primary N) is 1. The topological polar surface area (TPSA) is 81.9 Å². The van der Waals surface area contributed by atoms with Gasteiger partial charge in [0, 0.05) is 25.6 Å². The summed E-state index contributed by atoms with van der Waals surface area (Å²) in [4.78, 5) is 25.0. The molecule has 1 fully saturated rings. The molecule has 2 heterocycles. The largest absolute Gasteiger partial charge is 0.490 e. The van der Waals surface area contributed by atoms with Crippen LogP contribution in [-0.2, 0) is 9.59 Å². The Kier molecular flexibility index (Phi) is 4.50. The van der Waals surface area contributed by atoms with Crippen molar-refractivity contribution in [3.8, 4) is 11.5 Å². The quantitative estimate of drug-likeness (QED) is 0.849. The third-order valence-corrected chi connectivity index (χ3v) is 4.09. The van der Waals surface area contributed by atoms with Crippen molar-refractivity contribution in [3.05, 3.63) is 29.8 Å². The van der Waals surface area contributed by atoms with E-state index in [4.69, 9.17) is 15.2 Å². The van der Waals surface area contributed by atoms with Gasteiger partial charge < -0.3 is 20.1 Å². The number of rotatable bonds is 3. The summed E-state index contributed by atoms with van der Waals surface area (Å²) in [6.07, 6.45) is 4.75. The van der Waals surface area contributed by atoms with Gasteiger partial charge in [-0.15, -0.1) is 0 Å². The Labute approximate surface area is 134 Å². The average molecular weight is 316 g/mol. The van der Waals surface area contributed by atoms with Crippen molar-refractivity contribution in [1.29, 1.82) is 0 Å². The molecule has 0 aromatic heterocycles. The van der Waals surface area contributed by atoms with E-state index in [1.54, 1.807) is 11.0 Å². The van der Waals surface area contributed by atoms with Crippen LogP contribution in [0, 0.1) is 5.92 Å². The molecule has 23 heavy (non-hydrogen) atoms. The van der Waals surface area contributed by atoms with Crippen LogP contribution < -0.4 is 15.2 Å². The highest BCUT2D eigenvalue weighted by molar-refractivity contribution is 5.92. The van der Waals surface area contributed by atoms with Crippen LogP contribution in [0.25, 0.3) is 6.08 Å². The SMILES string of the molecule is NC(=O)[C@@H]1CCN(C(=O)/C=C\c2ccc3c(c2)OCCCO3)C1. The first-order valence-electron chi connectivity index (χ1n) is 7.79. The van der Waals surface area contributed by atoms with Gasteiger partial charge in [-0.1, -0.05) is 6.07 Å². The molecule has 0 saturated carbocycles. The van der Waals surface area contributed by atoms with E-state index in [9.17, 15) is 9.59 Å². The van der Waals surface area contributed by atoms with Gasteiger partial charge in [0.25, 0.3) is 0 Å². The van der Waals surface area contributed by atoms with Crippen LogP contribution in [-0.4, -0.2) is 43.0 Å². The Morgan fingerprint density at radius 1 is 1.22 bits per heavy atom. The fourth-order valence-electron chi connectivity index (χ4n) is 2.75. The Morgan fingerprint density at radius 2 is 2.00 bits per heavy atom. The van der Waals surface area contributed by atoms with Gasteiger partial charge in [0.15, 0.2) is 11.5 Å². The van der Waals surface area contributed by atoms with Crippen molar-refractivity contribution < 1.29 is 19.1 Å². The predicted molar refractivity (Wildman–Crippen MR) is 85.0 cm³/mol. The minimum Gasteiger partial charge on any atom is -0.490 e. The molecule has 0 unspecified atom stereocenters. The summed E-state index contributed by atoms with van der Waals surface area (Å²) in [6, 6.07) is 5.60. The number of nitrogens with zero attached hydrogens (tertiary/aromatic N) is 1. The zero-order valence-electron chi connectivity index (χ0n) is 12.9. The molecule has 1 saturated heterocycles. The second-order valence-corrected chi connectivity index (χ2v) is 5.76. The number of ether oxygens (including phenoxy) is 2. The first-order chi connectivity index (χ1) is 11.1. The molecule has 122 valence electrons. The summed E-state index contributed by atoms with van der Waals surface area (Å²) in [5, 5.41) is 0. The lowest BCUT2D eigenvalue weighted by atomic mass is 10.1. The van der Waals surface area contributed by atoms with Gasteiger partial charge >= 0.3 is 0 Å². The summed E-state index contributed by atoms with van der Waals surface area (Å²) in [6.45, 7) is 2.25. The highest BCUT2D eigenvalue weighted by Gasteiger charge is 2.28. The molecule has 1 atom stereocenters. The minimum atomic E-state index is -0.341. The van der Waals surface area contributed by atoms with Crippen molar-refractivity contribution in [2.45, 2.75) is 12.8 Å². The average Bonchev–Trinajstić information content (AvgIpc) is 2.93. The summed E-state index contributed by atoms with van der Waals surface area (Å²) < 4.78 is 11.2. The monoisotopic (exact) mass is 316 g/mol. The van der Waals surface area contributed by atoms with Crippen molar-refractivity contribution in [2.24, 2.45) is 11.7 Å². The van der Waals surface area contributed by atoms with Gasteiger partial charge in [0.05, 0.1) is 19.1 Å². The van der Waals surface area contributed by atoms with E-state index < -0.39 is 0 Å². The fraction of sp³-hybridized carbons (Fsp3) is 0.412. The maximum absolute atomic E-state index is 12.2. The molecular formula is C17H20N2O4. The summed E-state index contributed by atoms with van der Waals surface area (Å²) >= 11 is 0. The molecule has 1 aromatic carbocycles. The van der Waals surface area contributed by atoms with E-state index in [-0.39, 0.29) is 17.7 Å². The van der Waals surface area contributed by atoms with E-state index >= 15 is 0 Å². The number of hydrogen-bond acceptors (Lipinski definition) is 4. The summed E-state index contributed by atoms with van der Waals surface area (Å²) in [7, 11) is 0. The van der Waals surface area contributed by atoms with Crippen molar-refractivity contribution >= 4 is 17.9 Å². The molecule has 2 N–H and O–H groups in total. The van der Waals surface area contributed by atoms with Crippen LogP contribution in [0.2, 0.25) is 0 Å². The summed E-state index contributed by atoms with van der Waals surface area (Å²) in [5.74, 6) is 0.750. The number of carbonyl (C=O) groups excluding carboxylic acids is 2. The van der Waals surface area contributed by atoms with Crippen molar-refractivity contribution in [1.82, 2.24) is 4.90 Å². The van der Waals surface area contributed by atoms with Gasteiger partial charge in [-0.3, -0.25) is 9.59 Å². The lowest BCUT2D eigenvalue weighted by molar-refractivity contribution is -0.125. The second kappa shape index (κ2) is 6.73. The van der Waals surface area contributed by atoms with Gasteiger partial charge in [-0.05, 0) is 30.2 Å². The molecule has 2 amide bonds. The van der Waals surface area contributed by atoms with Crippen LogP contribution in [0.1, 0.15) is 18.4 Å². The van der Waals surface area contributed by atoms with E-state index in [2.05, 4.69) is 0 Å². The molecule has 0 spiro atoms. The zero-order chi connectivity index (χ0) is 16.2. The lowest BCUT2D eigenvalue weighted by Crippen LogP contribution is -2.30. The number of carbonyl (C=O) groups is 2. The molecule has 0 aliphatic carbocycles. The molecule has 0 bridgehead atoms. The molecule has 3 rings (SSSR count). The number of fused-ring (bicyclic) bond motifs is 1. The van der Waals surface area contributed by atoms with E-state index in [0.29, 0.717) is 38.5 Å². The van der Waals surface area contributed by atoms with Crippen molar-refractivity contribution in [3.63, 3.8) is 0 Å². The van der Waals surface area contributed by atoms with Crippen LogP contribution in [0.4, 0.5) is 0 Å². The molecule has 2 aliphatic heterocycles. The smallest absolute Gasteiger partial charge is 0.246 e. The number of benzene rings is 1. The second-order valence-electron chi connectivity index (χ2n) is 5.76. The van der Waals surface area contributed by atoms with E-state index in [0.717, 1.165) is 17.7 Å². The molecule has 2 aliphatic rings. The number of hydrogen-bond donors (Lipinski definition) is 1. The van der Waals surface area contributed by atoms with E-state index in [1.807, 2.05) is 18.2 Å². The lowest BCUT2D eigenvalue weighted by Gasteiger charge is -2.13. The third-order valence-electron chi connectivity index (χ3n) is 4.09. The van der Waals surface area contributed by atoms with Gasteiger partial charge in [-0.25, -0.2) is 0 Å². The predicted octanol–water partition coefficient (Wildman–Crippen LogP) is 1.19. The van der Waals surface area contributed by atoms with Gasteiger partial charge in [0.2, 0.25) is 11.8 Å². The number of likely N-dealkylation sites (tertiary alicyclic amines) is 1. The molecular weight excluding hydrogens is 296 g/mol. The molecule has 6 nitrogen and oxygen atoms in total. The van der Waals surface area contributed by atoms with Gasteiger partial charge in [0.1, 0.15) is 0 Å². The fourth-order valence-corrected chi connectivity index (χ4v) is 2.75. The maximum atomic E-state index is 12.2. The summed E-state index contributed by atoms with van der Waals surface area (Å²) in [5.41, 5.74) is 6.15. The normalized spacial score (nSPS) is 20.5. The Morgan fingerprint density at radius 3 is 2.74 bits per heavy atom. The Bertz CT molecular complexity index is 641. The standard InChI is InChI=1S/C17H20N2O4/c18-17(21)13-6-7-19(11-13)16(20)5-3-12-2-4-14-15(10-12)23-9-1-8-22-14/h2-5,10,13H,1,6-9,11H2,(H2,18,21)/b5-3-/t13-/m1/s1. The van der Waals surface area contributed by atoms with Crippen LogP contribution in [0.5, 0.6) is 11.5 Å². The van der Waals surface area contributed by atoms with Gasteiger partial charge in [-0.2, -0.15) is 0 Å². The first-order valence-corrected chi connectivity index (χ1v) is 7.79. The van der Waals surface area contributed by atoms with E-state index in [1.165, 1.54) is 6.08 Å². The van der Waals surface area contributed by atoms with Crippen molar-refractivity contribution in [2.75, 3.05) is 26.3 Å². The molecule has 6 heteroatoms. The first kappa shape index (κ1) is 15.4. The highest BCUT2D eigenvalue weighted by Crippen LogP contribution is 2.30. The third kappa shape index (κ3) is 3.64. The van der Waals surface area contributed by atoms with Crippen LogP contribution in [0.15, 0.2) is 24.3 Å². The Balaban J connectivity index is 1.65. The number of primary amides is 1. The van der Waals surface area contributed by atoms with Crippen LogP contribution in [0.3, 0.4) is 0 Å². The maximum Gasteiger partial charge on any atom is 0.246 e. The molecule has 1 aromatic rings.